The Morgan fingerprint density at radius 2 is 1.81 bits per heavy atom. The topological polar surface area (TPSA) is 162 Å². The van der Waals surface area contributed by atoms with Crippen molar-refractivity contribution in [1.29, 1.82) is 0 Å². The monoisotopic (exact) mass is 582 g/mol. The minimum atomic E-state index is -1.41. The normalized spacial score (nSPS) is 11.4. The molecule has 12 nitrogen and oxygen atoms in total. The SMILES string of the molecule is CCCc1nc(C(C)(C)O)c(C(=O)OCc2oc(=O)oc2C)n1Cc1ccc(-c2ccccc2-c2nn[nH]n2)cc1.[NaH]. The van der Waals surface area contributed by atoms with Crippen molar-refractivity contribution in [1.82, 2.24) is 30.2 Å². The molecule has 0 atom stereocenters. The van der Waals surface area contributed by atoms with E-state index in [1.54, 1.807) is 25.3 Å². The fourth-order valence-corrected chi connectivity index (χ4v) is 4.60. The number of carbonyl (C=O) groups excluding carboxylic acids is 1. The summed E-state index contributed by atoms with van der Waals surface area (Å²) in [5.41, 5.74) is 2.60. The number of ether oxygens (including phenoxy) is 1. The molecule has 2 N–H and O–H groups in total. The number of esters is 1. The minimum absolute atomic E-state index is 0. The van der Waals surface area contributed by atoms with Crippen LogP contribution in [-0.4, -0.2) is 70.8 Å². The fraction of sp³-hybridized carbons (Fsp3) is 0.310. The van der Waals surface area contributed by atoms with E-state index in [0.29, 0.717) is 24.6 Å². The van der Waals surface area contributed by atoms with Gasteiger partial charge in [-0.15, -0.1) is 10.2 Å². The Morgan fingerprint density at radius 1 is 1.10 bits per heavy atom. The van der Waals surface area contributed by atoms with Crippen molar-refractivity contribution in [2.75, 3.05) is 0 Å². The number of aliphatic hydroxyl groups is 1. The molecular formula is C29H31N6NaO6. The molecule has 0 aliphatic rings. The van der Waals surface area contributed by atoms with Crippen LogP contribution in [0.1, 0.15) is 66.3 Å². The molecule has 5 aromatic rings. The van der Waals surface area contributed by atoms with Gasteiger partial charge in [0.15, 0.2) is 23.8 Å². The molecule has 13 heteroatoms. The van der Waals surface area contributed by atoms with E-state index in [9.17, 15) is 14.7 Å². The van der Waals surface area contributed by atoms with Crippen LogP contribution in [0.3, 0.4) is 0 Å². The van der Waals surface area contributed by atoms with E-state index in [-0.39, 0.29) is 59.1 Å². The second-order valence-electron chi connectivity index (χ2n) is 10.1. The molecule has 0 aliphatic heterocycles. The Labute approximate surface area is 263 Å². The summed E-state index contributed by atoms with van der Waals surface area (Å²) in [4.78, 5) is 29.5. The second-order valence-corrected chi connectivity index (χ2v) is 10.1. The van der Waals surface area contributed by atoms with E-state index in [1.165, 1.54) is 0 Å². The quantitative estimate of drug-likeness (QED) is 0.184. The molecule has 0 unspecified atom stereocenters. The van der Waals surface area contributed by atoms with Crippen molar-refractivity contribution in [3.63, 3.8) is 0 Å². The van der Waals surface area contributed by atoms with E-state index in [4.69, 9.17) is 13.6 Å². The van der Waals surface area contributed by atoms with Crippen molar-refractivity contribution in [3.8, 4) is 22.5 Å². The molecule has 3 aromatic heterocycles. The molecule has 0 saturated heterocycles. The number of tetrazole rings is 1. The third-order valence-corrected chi connectivity index (χ3v) is 6.58. The van der Waals surface area contributed by atoms with Crippen LogP contribution in [0.15, 0.2) is 62.2 Å². The first kappa shape index (κ1) is 31.1. The number of imidazole rings is 1. The second kappa shape index (κ2) is 13.0. The molecular weight excluding hydrogens is 551 g/mol. The Morgan fingerprint density at radius 3 is 2.40 bits per heavy atom. The van der Waals surface area contributed by atoms with Crippen LogP contribution < -0.4 is 5.82 Å². The summed E-state index contributed by atoms with van der Waals surface area (Å²) in [5.74, 6) is -0.0831. The summed E-state index contributed by atoms with van der Waals surface area (Å²) in [6, 6.07) is 15.7. The van der Waals surface area contributed by atoms with Gasteiger partial charge in [0.1, 0.15) is 17.1 Å². The summed E-state index contributed by atoms with van der Waals surface area (Å²) < 4.78 is 17.1. The first-order valence-corrected chi connectivity index (χ1v) is 13.2. The molecule has 0 saturated carbocycles. The molecule has 0 radical (unpaired) electrons. The molecule has 0 spiro atoms. The van der Waals surface area contributed by atoms with Crippen LogP contribution >= 0.6 is 0 Å². The van der Waals surface area contributed by atoms with Crippen LogP contribution in [0, 0.1) is 6.92 Å². The average molecular weight is 583 g/mol. The molecule has 0 bridgehead atoms. The Balaban J connectivity index is 0.00000405. The number of carbonyl (C=O) groups is 1. The third kappa shape index (κ3) is 6.62. The predicted octanol–water partition coefficient (Wildman–Crippen LogP) is 3.52. The average Bonchev–Trinajstić information content (AvgIpc) is 3.67. The summed E-state index contributed by atoms with van der Waals surface area (Å²) in [5, 5.41) is 25.3. The number of benzene rings is 2. The van der Waals surface area contributed by atoms with Gasteiger partial charge in [0.25, 0.3) is 0 Å². The number of aromatic nitrogens is 6. The molecule has 0 amide bonds. The number of hydrogen-bond acceptors (Lipinski definition) is 10. The van der Waals surface area contributed by atoms with Crippen LogP contribution in [0.4, 0.5) is 0 Å². The molecule has 214 valence electrons. The van der Waals surface area contributed by atoms with Gasteiger partial charge in [-0.1, -0.05) is 55.5 Å². The number of aromatic amines is 1. The van der Waals surface area contributed by atoms with Gasteiger partial charge in [0.05, 0.1) is 0 Å². The van der Waals surface area contributed by atoms with Gasteiger partial charge in [-0.05, 0) is 49.1 Å². The van der Waals surface area contributed by atoms with Gasteiger partial charge in [-0.25, -0.2) is 14.6 Å². The van der Waals surface area contributed by atoms with Crippen molar-refractivity contribution in [2.45, 2.75) is 59.3 Å². The molecule has 3 heterocycles. The fourth-order valence-electron chi connectivity index (χ4n) is 4.60. The van der Waals surface area contributed by atoms with Gasteiger partial charge in [-0.2, -0.15) is 5.21 Å². The number of rotatable bonds is 10. The van der Waals surface area contributed by atoms with Gasteiger partial charge in [-0.3, -0.25) is 0 Å². The molecule has 2 aromatic carbocycles. The van der Waals surface area contributed by atoms with E-state index >= 15 is 0 Å². The van der Waals surface area contributed by atoms with E-state index in [2.05, 4.69) is 25.6 Å². The predicted molar refractivity (Wildman–Crippen MR) is 154 cm³/mol. The molecule has 0 aliphatic carbocycles. The van der Waals surface area contributed by atoms with E-state index < -0.39 is 17.4 Å². The standard InChI is InChI=1S/C29H30N6O6.Na.H/c1-5-8-23-30-25(29(3,4)38)24(27(36)39-16-22-17(2)40-28(37)41-22)35(23)15-18-11-13-19(14-12-18)20-9-6-7-10-21(20)26-31-33-34-32-26;;/h6-7,9-14,38H,5,8,15-16H2,1-4H3,(H,31,32,33,34);;. The first-order chi connectivity index (χ1) is 19.7. The van der Waals surface area contributed by atoms with E-state index in [0.717, 1.165) is 28.7 Å². The van der Waals surface area contributed by atoms with Gasteiger partial charge in [0.2, 0.25) is 5.82 Å². The summed E-state index contributed by atoms with van der Waals surface area (Å²) in [6.07, 6.45) is 1.37. The maximum atomic E-state index is 13.5. The number of nitrogens with zero attached hydrogens (tertiary/aromatic N) is 5. The number of aryl methyl sites for hydroxylation is 2. The zero-order valence-corrected chi connectivity index (χ0v) is 23.2. The Kier molecular flexibility index (Phi) is 9.62. The number of H-pyrrole nitrogens is 1. The maximum absolute atomic E-state index is 13.5. The third-order valence-electron chi connectivity index (χ3n) is 6.58. The van der Waals surface area contributed by atoms with Crippen molar-refractivity contribution < 1.29 is 23.5 Å². The van der Waals surface area contributed by atoms with Crippen LogP contribution in [-0.2, 0) is 29.9 Å². The molecule has 5 rings (SSSR count). The van der Waals surface area contributed by atoms with Crippen molar-refractivity contribution in [3.05, 3.63) is 93.4 Å². The van der Waals surface area contributed by atoms with Crippen LogP contribution in [0.25, 0.3) is 22.5 Å². The molecule has 42 heavy (non-hydrogen) atoms. The Hall–Kier alpha value is -3.84. The summed E-state index contributed by atoms with van der Waals surface area (Å²) >= 11 is 0. The summed E-state index contributed by atoms with van der Waals surface area (Å²) in [7, 11) is 0. The van der Waals surface area contributed by atoms with Crippen LogP contribution in [0.5, 0.6) is 0 Å². The summed E-state index contributed by atoms with van der Waals surface area (Å²) in [6.45, 7) is 6.72. The number of hydrogen-bond donors (Lipinski definition) is 2. The van der Waals surface area contributed by atoms with E-state index in [1.807, 2.05) is 55.5 Å². The van der Waals surface area contributed by atoms with Crippen LogP contribution in [0.2, 0.25) is 0 Å². The van der Waals surface area contributed by atoms with Gasteiger partial charge in [0, 0.05) is 18.5 Å². The first-order valence-electron chi connectivity index (χ1n) is 13.2. The number of nitrogens with one attached hydrogen (secondary N) is 1. The van der Waals surface area contributed by atoms with Crippen molar-refractivity contribution >= 4 is 35.5 Å². The van der Waals surface area contributed by atoms with Gasteiger partial charge < -0.3 is 23.2 Å². The van der Waals surface area contributed by atoms with Gasteiger partial charge >= 0.3 is 41.3 Å². The zero-order chi connectivity index (χ0) is 29.1. The zero-order valence-electron chi connectivity index (χ0n) is 23.2. The Bertz CT molecular complexity index is 1710. The molecule has 0 fully saturated rings. The van der Waals surface area contributed by atoms with Crippen molar-refractivity contribution in [2.24, 2.45) is 0 Å².